The van der Waals surface area contributed by atoms with Crippen molar-refractivity contribution >= 4 is 0 Å². The van der Waals surface area contributed by atoms with Gasteiger partial charge in [-0.2, -0.15) is 0 Å². The Bertz CT molecular complexity index is 267. The molecule has 1 aromatic heterocycles. The molecule has 2 atom stereocenters. The molecule has 1 aliphatic rings. The van der Waals surface area contributed by atoms with Gasteiger partial charge in [-0.25, -0.2) is 0 Å². The molecule has 0 saturated carbocycles. The lowest BCUT2D eigenvalue weighted by Crippen LogP contribution is -2.21. The number of hydrogen-bond acceptors (Lipinski definition) is 2. The number of aryl methyl sites for hydroxylation is 1. The summed E-state index contributed by atoms with van der Waals surface area (Å²) in [5, 5.41) is 3.43. The molecule has 0 amide bonds. The summed E-state index contributed by atoms with van der Waals surface area (Å²) in [6.07, 6.45) is 2.99. The second-order valence-corrected chi connectivity index (χ2v) is 3.61. The number of hydrogen-bond donors (Lipinski definition) is 1. The Kier molecular flexibility index (Phi) is 1.93. The summed E-state index contributed by atoms with van der Waals surface area (Å²) < 4.78 is 5.48. The third-order valence-corrected chi connectivity index (χ3v) is 2.76. The summed E-state index contributed by atoms with van der Waals surface area (Å²) in [4.78, 5) is 0. The molecule has 1 aromatic rings. The Morgan fingerprint density at radius 2 is 2.42 bits per heavy atom. The summed E-state index contributed by atoms with van der Waals surface area (Å²) in [5.41, 5.74) is 1.29. The van der Waals surface area contributed by atoms with Crippen LogP contribution in [0.25, 0.3) is 0 Å². The van der Waals surface area contributed by atoms with Crippen LogP contribution in [-0.4, -0.2) is 12.6 Å². The second kappa shape index (κ2) is 2.94. The van der Waals surface area contributed by atoms with E-state index in [4.69, 9.17) is 4.42 Å². The van der Waals surface area contributed by atoms with Gasteiger partial charge in [-0.15, -0.1) is 0 Å². The SMILES string of the molecule is Cc1ccoc1C1CCNC1C. The Morgan fingerprint density at radius 3 is 2.92 bits per heavy atom. The van der Waals surface area contributed by atoms with Crippen molar-refractivity contribution in [2.45, 2.75) is 32.2 Å². The van der Waals surface area contributed by atoms with Crippen molar-refractivity contribution in [2.24, 2.45) is 0 Å². The van der Waals surface area contributed by atoms with Crippen molar-refractivity contribution < 1.29 is 4.42 Å². The van der Waals surface area contributed by atoms with Gasteiger partial charge in [-0.3, -0.25) is 0 Å². The first-order valence-electron chi connectivity index (χ1n) is 4.56. The zero-order chi connectivity index (χ0) is 8.55. The molecule has 2 heteroatoms. The molecule has 1 saturated heterocycles. The molecule has 66 valence electrons. The molecular weight excluding hydrogens is 150 g/mol. The molecule has 12 heavy (non-hydrogen) atoms. The van der Waals surface area contributed by atoms with E-state index in [1.165, 1.54) is 17.7 Å². The van der Waals surface area contributed by atoms with Crippen molar-refractivity contribution in [1.29, 1.82) is 0 Å². The highest BCUT2D eigenvalue weighted by Crippen LogP contribution is 2.30. The van der Waals surface area contributed by atoms with Crippen LogP contribution >= 0.6 is 0 Å². The van der Waals surface area contributed by atoms with Crippen molar-refractivity contribution in [3.05, 3.63) is 23.7 Å². The van der Waals surface area contributed by atoms with E-state index >= 15 is 0 Å². The van der Waals surface area contributed by atoms with Crippen LogP contribution in [0.4, 0.5) is 0 Å². The molecule has 0 aliphatic carbocycles. The van der Waals surface area contributed by atoms with E-state index in [2.05, 4.69) is 19.2 Å². The van der Waals surface area contributed by atoms with Crippen molar-refractivity contribution in [3.63, 3.8) is 0 Å². The zero-order valence-corrected chi connectivity index (χ0v) is 7.63. The van der Waals surface area contributed by atoms with Crippen LogP contribution in [-0.2, 0) is 0 Å². The monoisotopic (exact) mass is 165 g/mol. The molecule has 1 N–H and O–H groups in total. The lowest BCUT2D eigenvalue weighted by molar-refractivity contribution is 0.439. The summed E-state index contributed by atoms with van der Waals surface area (Å²) >= 11 is 0. The van der Waals surface area contributed by atoms with Gasteiger partial charge in [-0.05, 0) is 38.4 Å². The number of rotatable bonds is 1. The molecule has 2 nitrogen and oxygen atoms in total. The number of nitrogens with one attached hydrogen (secondary N) is 1. The predicted molar refractivity (Wildman–Crippen MR) is 48.3 cm³/mol. The van der Waals surface area contributed by atoms with Gasteiger partial charge in [0.25, 0.3) is 0 Å². The van der Waals surface area contributed by atoms with E-state index < -0.39 is 0 Å². The first-order valence-corrected chi connectivity index (χ1v) is 4.56. The Labute approximate surface area is 73.0 Å². The Balaban J connectivity index is 2.24. The van der Waals surface area contributed by atoms with E-state index in [0.29, 0.717) is 12.0 Å². The summed E-state index contributed by atoms with van der Waals surface area (Å²) in [6.45, 7) is 5.45. The van der Waals surface area contributed by atoms with Gasteiger partial charge < -0.3 is 9.73 Å². The molecule has 0 spiro atoms. The highest BCUT2D eigenvalue weighted by atomic mass is 16.3. The van der Waals surface area contributed by atoms with Gasteiger partial charge in [0.1, 0.15) is 5.76 Å². The third-order valence-electron chi connectivity index (χ3n) is 2.76. The van der Waals surface area contributed by atoms with Crippen LogP contribution in [0.2, 0.25) is 0 Å². The minimum absolute atomic E-state index is 0.565. The van der Waals surface area contributed by atoms with Crippen molar-refractivity contribution in [2.75, 3.05) is 6.54 Å². The molecule has 2 unspecified atom stereocenters. The van der Waals surface area contributed by atoms with Crippen LogP contribution < -0.4 is 5.32 Å². The third kappa shape index (κ3) is 1.16. The molecule has 2 heterocycles. The topological polar surface area (TPSA) is 25.2 Å². The maximum Gasteiger partial charge on any atom is 0.111 e. The minimum Gasteiger partial charge on any atom is -0.469 e. The van der Waals surface area contributed by atoms with Crippen LogP contribution in [0, 0.1) is 6.92 Å². The molecule has 1 fully saturated rings. The van der Waals surface area contributed by atoms with E-state index in [1.807, 2.05) is 6.07 Å². The first-order chi connectivity index (χ1) is 5.79. The normalized spacial score (nSPS) is 29.5. The Hall–Kier alpha value is -0.760. The van der Waals surface area contributed by atoms with Gasteiger partial charge in [0.2, 0.25) is 0 Å². The molecule has 2 rings (SSSR count). The predicted octanol–water partition coefficient (Wildman–Crippen LogP) is 2.05. The van der Waals surface area contributed by atoms with Gasteiger partial charge in [-0.1, -0.05) is 0 Å². The highest BCUT2D eigenvalue weighted by Gasteiger charge is 2.27. The largest absolute Gasteiger partial charge is 0.469 e. The van der Waals surface area contributed by atoms with Gasteiger partial charge >= 0.3 is 0 Å². The van der Waals surface area contributed by atoms with Gasteiger partial charge in [0.15, 0.2) is 0 Å². The van der Waals surface area contributed by atoms with E-state index in [1.54, 1.807) is 6.26 Å². The summed E-state index contributed by atoms with van der Waals surface area (Å²) in [6, 6.07) is 2.61. The smallest absolute Gasteiger partial charge is 0.111 e. The fourth-order valence-corrected chi connectivity index (χ4v) is 1.98. The van der Waals surface area contributed by atoms with E-state index in [9.17, 15) is 0 Å². The molecule has 0 aromatic carbocycles. The summed E-state index contributed by atoms with van der Waals surface area (Å²) in [5.74, 6) is 1.76. The van der Waals surface area contributed by atoms with Crippen LogP contribution in [0.15, 0.2) is 16.7 Å². The van der Waals surface area contributed by atoms with Gasteiger partial charge in [0.05, 0.1) is 6.26 Å². The lowest BCUT2D eigenvalue weighted by atomic mass is 9.97. The fraction of sp³-hybridized carbons (Fsp3) is 0.600. The Morgan fingerprint density at radius 1 is 1.58 bits per heavy atom. The average Bonchev–Trinajstić information content (AvgIpc) is 2.59. The average molecular weight is 165 g/mol. The van der Waals surface area contributed by atoms with Crippen LogP contribution in [0.3, 0.4) is 0 Å². The maximum atomic E-state index is 5.48. The van der Waals surface area contributed by atoms with Crippen LogP contribution in [0.5, 0.6) is 0 Å². The van der Waals surface area contributed by atoms with Gasteiger partial charge in [0, 0.05) is 12.0 Å². The number of furan rings is 1. The standard InChI is InChI=1S/C10H15NO/c1-7-4-6-12-10(7)9-3-5-11-8(9)2/h4,6,8-9,11H,3,5H2,1-2H3. The highest BCUT2D eigenvalue weighted by molar-refractivity contribution is 5.21. The lowest BCUT2D eigenvalue weighted by Gasteiger charge is -2.12. The summed E-state index contributed by atoms with van der Waals surface area (Å²) in [7, 11) is 0. The zero-order valence-electron chi connectivity index (χ0n) is 7.63. The molecule has 0 bridgehead atoms. The quantitative estimate of drug-likeness (QED) is 0.689. The van der Waals surface area contributed by atoms with Crippen molar-refractivity contribution in [3.8, 4) is 0 Å². The first kappa shape index (κ1) is 7.87. The maximum absolute atomic E-state index is 5.48. The molecule has 0 radical (unpaired) electrons. The minimum atomic E-state index is 0.565. The van der Waals surface area contributed by atoms with E-state index in [-0.39, 0.29) is 0 Å². The fourth-order valence-electron chi connectivity index (χ4n) is 1.98. The second-order valence-electron chi connectivity index (χ2n) is 3.61. The van der Waals surface area contributed by atoms with Crippen molar-refractivity contribution in [1.82, 2.24) is 5.32 Å². The molecule has 1 aliphatic heterocycles. The van der Waals surface area contributed by atoms with E-state index in [0.717, 1.165) is 6.54 Å². The molecular formula is C10H15NO. The van der Waals surface area contributed by atoms with Crippen LogP contribution in [0.1, 0.15) is 30.6 Å².